The smallest absolute Gasteiger partial charge is 0.199 e. The van der Waals surface area contributed by atoms with Crippen LogP contribution in [-0.2, 0) is 10.2 Å². The first-order valence-corrected chi connectivity index (χ1v) is 9.99. The van der Waals surface area contributed by atoms with Crippen molar-refractivity contribution in [2.45, 2.75) is 52.4 Å². The summed E-state index contributed by atoms with van der Waals surface area (Å²) in [4.78, 5) is 26.1. The van der Waals surface area contributed by atoms with Crippen molar-refractivity contribution < 1.29 is 13.9 Å². The number of hydrogen-bond acceptors (Lipinski definition) is 4. The number of methoxy groups -OCH3 is 1. The zero-order chi connectivity index (χ0) is 20.6. The zero-order valence-corrected chi connectivity index (χ0v) is 17.7. The van der Waals surface area contributed by atoms with E-state index < -0.39 is 5.41 Å². The van der Waals surface area contributed by atoms with Gasteiger partial charge in [0, 0.05) is 22.2 Å². The van der Waals surface area contributed by atoms with E-state index in [-0.39, 0.29) is 16.8 Å². The fourth-order valence-electron chi connectivity index (χ4n) is 4.11. The predicted molar refractivity (Wildman–Crippen MR) is 111 cm³/mol. The molecule has 2 aromatic rings. The van der Waals surface area contributed by atoms with Gasteiger partial charge >= 0.3 is 0 Å². The van der Waals surface area contributed by atoms with Crippen LogP contribution in [0.25, 0.3) is 11.3 Å². The molecule has 0 saturated heterocycles. The monoisotopic (exact) mass is 400 g/mol. The highest BCUT2D eigenvalue weighted by Crippen LogP contribution is 2.47. The van der Waals surface area contributed by atoms with Gasteiger partial charge in [-0.1, -0.05) is 44.5 Å². The van der Waals surface area contributed by atoms with Gasteiger partial charge in [-0.15, -0.1) is 0 Å². The number of ketones is 1. The first-order valence-electron chi connectivity index (χ1n) is 9.62. The maximum absolute atomic E-state index is 13.1. The molecule has 0 radical (unpaired) electrons. The van der Waals surface area contributed by atoms with Crippen molar-refractivity contribution >= 4 is 17.4 Å². The molecule has 0 aliphatic heterocycles. The van der Waals surface area contributed by atoms with Gasteiger partial charge in [-0.25, -0.2) is 0 Å². The van der Waals surface area contributed by atoms with Crippen LogP contribution < -0.4 is 5.43 Å². The Morgan fingerprint density at radius 1 is 1.11 bits per heavy atom. The number of aryl methyl sites for hydroxylation is 1. The van der Waals surface area contributed by atoms with Crippen molar-refractivity contribution in [3.05, 3.63) is 67.7 Å². The lowest BCUT2D eigenvalue weighted by Crippen LogP contribution is -2.39. The third-order valence-electron chi connectivity index (χ3n) is 5.81. The van der Waals surface area contributed by atoms with Crippen molar-refractivity contribution in [3.8, 4) is 11.3 Å². The van der Waals surface area contributed by atoms with Crippen LogP contribution in [0, 0.1) is 6.92 Å². The molecule has 0 atom stereocenters. The molecule has 0 spiro atoms. The molecule has 28 heavy (non-hydrogen) atoms. The van der Waals surface area contributed by atoms with Crippen LogP contribution in [0.2, 0.25) is 5.02 Å². The highest BCUT2D eigenvalue weighted by atomic mass is 35.5. The molecule has 1 aliphatic carbocycles. The lowest BCUT2D eigenvalue weighted by Gasteiger charge is -2.37. The number of halogens is 1. The summed E-state index contributed by atoms with van der Waals surface area (Å²) in [5.41, 5.74) is 1.35. The van der Waals surface area contributed by atoms with Gasteiger partial charge in [0.1, 0.15) is 22.8 Å². The van der Waals surface area contributed by atoms with E-state index in [2.05, 4.69) is 0 Å². The molecule has 0 amide bonds. The third kappa shape index (κ3) is 2.91. The first-order chi connectivity index (χ1) is 13.3. The van der Waals surface area contributed by atoms with Gasteiger partial charge in [0.05, 0.1) is 12.5 Å². The average Bonchev–Trinajstić information content (AvgIpc) is 2.69. The lowest BCUT2D eigenvalue weighted by molar-refractivity contribution is 0.0975. The molecular weight excluding hydrogens is 376 g/mol. The second-order valence-corrected chi connectivity index (χ2v) is 7.53. The number of rotatable bonds is 5. The van der Waals surface area contributed by atoms with E-state index in [0.29, 0.717) is 52.7 Å². The Morgan fingerprint density at radius 3 is 2.32 bits per heavy atom. The van der Waals surface area contributed by atoms with Crippen molar-refractivity contribution in [2.75, 3.05) is 7.11 Å². The summed E-state index contributed by atoms with van der Waals surface area (Å²) in [5, 5.41) is 0.594. The quantitative estimate of drug-likeness (QED) is 0.633. The van der Waals surface area contributed by atoms with Gasteiger partial charge in [0.15, 0.2) is 11.2 Å². The summed E-state index contributed by atoms with van der Waals surface area (Å²) >= 11 is 6.26. The van der Waals surface area contributed by atoms with E-state index >= 15 is 0 Å². The number of Topliss-reactive ketones (excluding diaryl/α,β-unsaturated/α-hetero) is 1. The van der Waals surface area contributed by atoms with Crippen molar-refractivity contribution in [3.63, 3.8) is 0 Å². The highest BCUT2D eigenvalue weighted by molar-refractivity contribution is 6.31. The molecule has 0 bridgehead atoms. The summed E-state index contributed by atoms with van der Waals surface area (Å²) in [6.07, 6.45) is 1.80. The summed E-state index contributed by atoms with van der Waals surface area (Å²) in [6.45, 7) is 7.85. The number of fused-ring (bicyclic) bond motifs is 1. The summed E-state index contributed by atoms with van der Waals surface area (Å²) < 4.78 is 12.0. The second kappa shape index (κ2) is 7.59. The van der Waals surface area contributed by atoms with Crippen molar-refractivity contribution in [1.82, 2.24) is 0 Å². The normalized spacial score (nSPS) is 15.6. The topological polar surface area (TPSA) is 56.5 Å². The Hall–Kier alpha value is -2.33. The molecule has 1 aromatic heterocycles. The lowest BCUT2D eigenvalue weighted by atomic mass is 9.69. The number of carbonyl (C=O) groups is 1. The Morgan fingerprint density at radius 2 is 1.79 bits per heavy atom. The molecule has 0 N–H and O–H groups in total. The van der Waals surface area contributed by atoms with Gasteiger partial charge in [-0.05, 0) is 37.8 Å². The van der Waals surface area contributed by atoms with Crippen LogP contribution in [0.5, 0.6) is 0 Å². The first kappa shape index (κ1) is 20.4. The van der Waals surface area contributed by atoms with Gasteiger partial charge in [0.2, 0.25) is 0 Å². The fourth-order valence-corrected chi connectivity index (χ4v) is 4.29. The van der Waals surface area contributed by atoms with E-state index in [1.807, 2.05) is 39.8 Å². The number of hydrogen-bond donors (Lipinski definition) is 0. The number of allylic oxidation sites excluding steroid dienone is 2. The molecule has 0 fully saturated rings. The predicted octanol–water partition coefficient (Wildman–Crippen LogP) is 5.83. The summed E-state index contributed by atoms with van der Waals surface area (Å²) in [6, 6.07) is 6.90. The number of carbonyl (C=O) groups excluding carboxylic acids is 1. The largest absolute Gasteiger partial charge is 0.500 e. The fraction of sp³-hybridized carbons (Fsp3) is 0.391. The Labute approximate surface area is 170 Å². The van der Waals surface area contributed by atoms with Crippen molar-refractivity contribution in [1.29, 1.82) is 0 Å². The molecule has 0 saturated carbocycles. The average molecular weight is 401 g/mol. The van der Waals surface area contributed by atoms with Crippen LogP contribution in [0.1, 0.15) is 61.7 Å². The molecule has 1 aliphatic rings. The van der Waals surface area contributed by atoms with E-state index in [0.717, 1.165) is 5.56 Å². The third-order valence-corrected chi connectivity index (χ3v) is 6.22. The minimum Gasteiger partial charge on any atom is -0.500 e. The molecule has 1 heterocycles. The second-order valence-electron chi connectivity index (χ2n) is 7.13. The Balaban J connectivity index is 2.36. The van der Waals surface area contributed by atoms with Gasteiger partial charge in [-0.3, -0.25) is 9.59 Å². The summed E-state index contributed by atoms with van der Waals surface area (Å²) in [5.74, 6) is 1.12. The minimum atomic E-state index is -0.646. The van der Waals surface area contributed by atoms with E-state index in [4.69, 9.17) is 20.8 Å². The Bertz CT molecular complexity index is 1030. The van der Waals surface area contributed by atoms with E-state index in [1.54, 1.807) is 13.2 Å². The molecule has 3 rings (SSSR count). The van der Waals surface area contributed by atoms with Crippen LogP contribution in [0.3, 0.4) is 0 Å². The van der Waals surface area contributed by atoms with Gasteiger partial charge in [0.25, 0.3) is 0 Å². The van der Waals surface area contributed by atoms with Crippen LogP contribution in [0.15, 0.2) is 44.8 Å². The van der Waals surface area contributed by atoms with Gasteiger partial charge < -0.3 is 9.15 Å². The van der Waals surface area contributed by atoms with Crippen LogP contribution in [0.4, 0.5) is 0 Å². The van der Waals surface area contributed by atoms with E-state index in [9.17, 15) is 9.59 Å². The maximum atomic E-state index is 13.1. The van der Waals surface area contributed by atoms with Crippen LogP contribution >= 0.6 is 11.6 Å². The number of ether oxygens (including phenoxy) is 1. The zero-order valence-electron chi connectivity index (χ0n) is 16.9. The molecular formula is C23H25ClO4. The molecule has 5 heteroatoms. The SMILES string of the molecule is CCC1=C(OC)C(CC)(CC)c2oc(-c3ccc(C)c(Cl)c3)cc(=O)c2C1=O. The molecule has 0 unspecified atom stereocenters. The number of benzene rings is 1. The summed E-state index contributed by atoms with van der Waals surface area (Å²) in [7, 11) is 1.57. The maximum Gasteiger partial charge on any atom is 0.199 e. The minimum absolute atomic E-state index is 0.128. The highest BCUT2D eigenvalue weighted by Gasteiger charge is 2.47. The molecule has 4 nitrogen and oxygen atoms in total. The Kier molecular flexibility index (Phi) is 5.53. The molecule has 148 valence electrons. The van der Waals surface area contributed by atoms with Gasteiger partial charge in [-0.2, -0.15) is 0 Å². The van der Waals surface area contributed by atoms with Crippen molar-refractivity contribution in [2.24, 2.45) is 0 Å². The standard InChI is InChI=1S/C23H25ClO4/c1-6-15-20(26)19-17(25)12-18(14-10-9-13(4)16(24)11-14)28-22(19)23(7-2,8-3)21(15)27-5/h9-12H,6-8H2,1-5H3. The van der Waals surface area contributed by atoms with Crippen LogP contribution in [-0.4, -0.2) is 12.9 Å². The molecule has 1 aromatic carbocycles. The van der Waals surface area contributed by atoms with E-state index in [1.165, 1.54) is 6.07 Å².